The topological polar surface area (TPSA) is 64.4 Å². The third-order valence-corrected chi connectivity index (χ3v) is 3.46. The number of carbonyl (C=O) groups excluding carboxylic acids is 1. The summed E-state index contributed by atoms with van der Waals surface area (Å²) in [4.78, 5) is 11.9. The van der Waals surface area contributed by atoms with E-state index in [-0.39, 0.29) is 17.8 Å². The summed E-state index contributed by atoms with van der Waals surface area (Å²) in [5.41, 5.74) is 6.02. The Hall–Kier alpha value is -0.980. The second-order valence-corrected chi connectivity index (χ2v) is 5.03. The number of halogens is 2. The molecule has 0 saturated carbocycles. The van der Waals surface area contributed by atoms with Gasteiger partial charge in [-0.1, -0.05) is 0 Å². The van der Waals surface area contributed by atoms with E-state index in [0.29, 0.717) is 23.1 Å². The van der Waals surface area contributed by atoms with Crippen LogP contribution in [-0.2, 0) is 9.53 Å². The molecule has 6 heteroatoms. The Morgan fingerprint density at radius 2 is 2.33 bits per heavy atom. The lowest BCUT2D eigenvalue weighted by atomic mass is 10.2. The Labute approximate surface area is 113 Å². The standard InChI is InChI=1S/C12H14BrFN2O2/c13-9-5-7(1-3-10(9)14)16-12(17)11-4-2-8(6-15)18-11/h1,3,5,8,11H,2,4,6,15H2,(H,16,17). The third kappa shape index (κ3) is 3.07. The molecule has 1 aliphatic rings. The van der Waals surface area contributed by atoms with Crippen LogP contribution in [0.1, 0.15) is 12.8 Å². The van der Waals surface area contributed by atoms with Crippen molar-refractivity contribution in [2.75, 3.05) is 11.9 Å². The molecular formula is C12H14BrFN2O2. The smallest absolute Gasteiger partial charge is 0.253 e. The van der Waals surface area contributed by atoms with E-state index in [1.807, 2.05) is 0 Å². The highest BCUT2D eigenvalue weighted by Gasteiger charge is 2.29. The zero-order valence-electron chi connectivity index (χ0n) is 9.66. The van der Waals surface area contributed by atoms with Crippen LogP contribution >= 0.6 is 15.9 Å². The zero-order chi connectivity index (χ0) is 13.1. The molecule has 0 bridgehead atoms. The van der Waals surface area contributed by atoms with E-state index in [1.165, 1.54) is 18.2 Å². The first kappa shape index (κ1) is 13.5. The number of hydrogen-bond acceptors (Lipinski definition) is 3. The zero-order valence-corrected chi connectivity index (χ0v) is 11.2. The molecule has 3 N–H and O–H groups in total. The predicted octanol–water partition coefficient (Wildman–Crippen LogP) is 2.03. The van der Waals surface area contributed by atoms with Crippen molar-refractivity contribution >= 4 is 27.5 Å². The predicted molar refractivity (Wildman–Crippen MR) is 69.7 cm³/mol. The minimum absolute atomic E-state index is 0.0410. The van der Waals surface area contributed by atoms with Crippen molar-refractivity contribution in [1.82, 2.24) is 0 Å². The van der Waals surface area contributed by atoms with E-state index in [1.54, 1.807) is 0 Å². The van der Waals surface area contributed by atoms with Gasteiger partial charge in [0.05, 0.1) is 10.6 Å². The van der Waals surface area contributed by atoms with Gasteiger partial charge in [0.15, 0.2) is 0 Å². The van der Waals surface area contributed by atoms with Gasteiger partial charge in [-0.05, 0) is 47.0 Å². The van der Waals surface area contributed by atoms with Crippen LogP contribution in [0.25, 0.3) is 0 Å². The fourth-order valence-electron chi connectivity index (χ4n) is 1.87. The number of benzene rings is 1. The number of carbonyl (C=O) groups is 1. The first-order valence-corrected chi connectivity index (χ1v) is 6.51. The Balaban J connectivity index is 1.97. The van der Waals surface area contributed by atoms with Crippen molar-refractivity contribution in [3.63, 3.8) is 0 Å². The highest BCUT2D eigenvalue weighted by Crippen LogP contribution is 2.23. The van der Waals surface area contributed by atoms with Crippen LogP contribution in [0.3, 0.4) is 0 Å². The van der Waals surface area contributed by atoms with Crippen molar-refractivity contribution in [2.45, 2.75) is 25.0 Å². The van der Waals surface area contributed by atoms with Gasteiger partial charge in [-0.3, -0.25) is 4.79 Å². The van der Waals surface area contributed by atoms with Crippen LogP contribution in [0.15, 0.2) is 22.7 Å². The van der Waals surface area contributed by atoms with Gasteiger partial charge in [0, 0.05) is 12.2 Å². The van der Waals surface area contributed by atoms with Crippen molar-refractivity contribution in [3.8, 4) is 0 Å². The Morgan fingerprint density at radius 3 is 2.94 bits per heavy atom. The minimum Gasteiger partial charge on any atom is -0.364 e. The van der Waals surface area contributed by atoms with Crippen LogP contribution in [0.4, 0.5) is 10.1 Å². The largest absolute Gasteiger partial charge is 0.364 e. The molecule has 2 atom stereocenters. The van der Waals surface area contributed by atoms with Gasteiger partial charge < -0.3 is 15.8 Å². The van der Waals surface area contributed by atoms with E-state index < -0.39 is 6.10 Å². The second-order valence-electron chi connectivity index (χ2n) is 4.18. The summed E-state index contributed by atoms with van der Waals surface area (Å²) in [7, 11) is 0. The molecule has 2 unspecified atom stereocenters. The van der Waals surface area contributed by atoms with Crippen LogP contribution in [0, 0.1) is 5.82 Å². The summed E-state index contributed by atoms with van der Waals surface area (Å²) in [5, 5.41) is 2.70. The van der Waals surface area contributed by atoms with E-state index in [9.17, 15) is 9.18 Å². The number of anilines is 1. The average molecular weight is 317 g/mol. The van der Waals surface area contributed by atoms with Crippen molar-refractivity contribution < 1.29 is 13.9 Å². The summed E-state index contributed by atoms with van der Waals surface area (Å²) in [6.45, 7) is 0.422. The first-order valence-electron chi connectivity index (χ1n) is 5.71. The summed E-state index contributed by atoms with van der Waals surface area (Å²) in [6.07, 6.45) is 0.945. The van der Waals surface area contributed by atoms with Crippen LogP contribution in [-0.4, -0.2) is 24.7 Å². The Kier molecular flexibility index (Phi) is 4.31. The maximum atomic E-state index is 13.0. The SMILES string of the molecule is NCC1CCC(C(=O)Nc2ccc(F)c(Br)c2)O1. The highest BCUT2D eigenvalue weighted by molar-refractivity contribution is 9.10. The quantitative estimate of drug-likeness (QED) is 0.896. The van der Waals surface area contributed by atoms with E-state index in [2.05, 4.69) is 21.2 Å². The molecule has 98 valence electrons. The third-order valence-electron chi connectivity index (χ3n) is 2.85. The number of ether oxygens (including phenoxy) is 1. The molecule has 0 spiro atoms. The molecule has 18 heavy (non-hydrogen) atoms. The van der Waals surface area contributed by atoms with Gasteiger partial charge in [-0.15, -0.1) is 0 Å². The number of amides is 1. The molecule has 1 aromatic carbocycles. The molecule has 0 aromatic heterocycles. The first-order chi connectivity index (χ1) is 8.60. The maximum absolute atomic E-state index is 13.0. The van der Waals surface area contributed by atoms with E-state index in [0.717, 1.165) is 6.42 Å². The number of rotatable bonds is 3. The van der Waals surface area contributed by atoms with Crippen LogP contribution in [0.5, 0.6) is 0 Å². The molecule has 1 saturated heterocycles. The lowest BCUT2D eigenvalue weighted by Gasteiger charge is -2.12. The summed E-state index contributed by atoms with van der Waals surface area (Å²) in [6, 6.07) is 4.31. The molecule has 1 aromatic rings. The Bertz CT molecular complexity index is 456. The normalized spacial score (nSPS) is 23.1. The van der Waals surface area contributed by atoms with E-state index >= 15 is 0 Å². The van der Waals surface area contributed by atoms with Gasteiger partial charge in [-0.2, -0.15) is 0 Å². The molecule has 0 radical (unpaired) electrons. The van der Waals surface area contributed by atoms with Crippen LogP contribution < -0.4 is 11.1 Å². The molecule has 1 heterocycles. The van der Waals surface area contributed by atoms with Gasteiger partial charge >= 0.3 is 0 Å². The maximum Gasteiger partial charge on any atom is 0.253 e. The molecule has 1 amide bonds. The van der Waals surface area contributed by atoms with Crippen LogP contribution in [0.2, 0.25) is 0 Å². The molecule has 0 aliphatic carbocycles. The van der Waals surface area contributed by atoms with Gasteiger partial charge in [0.25, 0.3) is 5.91 Å². The lowest BCUT2D eigenvalue weighted by molar-refractivity contribution is -0.126. The molecule has 2 rings (SSSR count). The summed E-state index contributed by atoms with van der Waals surface area (Å²) >= 11 is 3.07. The molecular weight excluding hydrogens is 303 g/mol. The summed E-state index contributed by atoms with van der Waals surface area (Å²) < 4.78 is 18.8. The fraction of sp³-hybridized carbons (Fsp3) is 0.417. The monoisotopic (exact) mass is 316 g/mol. The highest BCUT2D eigenvalue weighted by atomic mass is 79.9. The van der Waals surface area contributed by atoms with E-state index in [4.69, 9.17) is 10.5 Å². The number of nitrogens with one attached hydrogen (secondary N) is 1. The number of hydrogen-bond donors (Lipinski definition) is 2. The fourth-order valence-corrected chi connectivity index (χ4v) is 2.25. The Morgan fingerprint density at radius 1 is 1.56 bits per heavy atom. The van der Waals surface area contributed by atoms with Crippen molar-refractivity contribution in [1.29, 1.82) is 0 Å². The summed E-state index contributed by atoms with van der Waals surface area (Å²) in [5.74, 6) is -0.585. The average Bonchev–Trinajstić information content (AvgIpc) is 2.82. The van der Waals surface area contributed by atoms with Crippen molar-refractivity contribution in [3.05, 3.63) is 28.5 Å². The number of nitrogens with two attached hydrogens (primary N) is 1. The van der Waals surface area contributed by atoms with Gasteiger partial charge in [0.2, 0.25) is 0 Å². The second kappa shape index (κ2) is 5.77. The van der Waals surface area contributed by atoms with Gasteiger partial charge in [-0.25, -0.2) is 4.39 Å². The molecule has 1 fully saturated rings. The minimum atomic E-state index is -0.470. The molecule has 4 nitrogen and oxygen atoms in total. The van der Waals surface area contributed by atoms with Crippen molar-refractivity contribution in [2.24, 2.45) is 5.73 Å². The van der Waals surface area contributed by atoms with Gasteiger partial charge in [0.1, 0.15) is 11.9 Å². The lowest BCUT2D eigenvalue weighted by Crippen LogP contribution is -2.29. The molecule has 1 aliphatic heterocycles.